The van der Waals surface area contributed by atoms with E-state index in [4.69, 9.17) is 4.74 Å². The molecule has 1 fully saturated rings. The molecule has 4 nitrogen and oxygen atoms in total. The Kier molecular flexibility index (Phi) is 3.78. The van der Waals surface area contributed by atoms with Crippen LogP contribution in [0.25, 0.3) is 0 Å². The van der Waals surface area contributed by atoms with E-state index in [0.717, 1.165) is 30.7 Å². The van der Waals surface area contributed by atoms with E-state index in [-0.39, 0.29) is 5.78 Å². The highest BCUT2D eigenvalue weighted by molar-refractivity contribution is 6.08. The average Bonchev–Trinajstić information content (AvgIpc) is 3.23. The summed E-state index contributed by atoms with van der Waals surface area (Å²) in [6.45, 7) is 4.74. The number of hydrogen-bond donors (Lipinski definition) is 0. The highest BCUT2D eigenvalue weighted by atomic mass is 16.5. The highest BCUT2D eigenvalue weighted by Crippen LogP contribution is 2.27. The Bertz CT molecular complexity index is 639. The molecule has 2 aromatic rings. The fourth-order valence-corrected chi connectivity index (χ4v) is 2.28. The quantitative estimate of drug-likeness (QED) is 0.765. The van der Waals surface area contributed by atoms with Gasteiger partial charge in [0.1, 0.15) is 11.4 Å². The van der Waals surface area contributed by atoms with Crippen molar-refractivity contribution in [3.63, 3.8) is 0 Å². The minimum atomic E-state index is 0.0158. The molecule has 0 saturated heterocycles. The van der Waals surface area contributed by atoms with Gasteiger partial charge in [-0.05, 0) is 56.5 Å². The van der Waals surface area contributed by atoms with Crippen molar-refractivity contribution in [3.8, 4) is 5.75 Å². The van der Waals surface area contributed by atoms with E-state index in [1.165, 1.54) is 0 Å². The van der Waals surface area contributed by atoms with Crippen LogP contribution in [-0.2, 0) is 13.0 Å². The van der Waals surface area contributed by atoms with Crippen molar-refractivity contribution in [1.82, 2.24) is 9.78 Å². The summed E-state index contributed by atoms with van der Waals surface area (Å²) in [5.41, 5.74) is 2.29. The van der Waals surface area contributed by atoms with Crippen LogP contribution in [0.5, 0.6) is 5.75 Å². The smallest absolute Gasteiger partial charge is 0.211 e. The zero-order valence-electron chi connectivity index (χ0n) is 12.5. The molecule has 4 heteroatoms. The topological polar surface area (TPSA) is 44.1 Å². The summed E-state index contributed by atoms with van der Waals surface area (Å²) in [4.78, 5) is 12.6. The van der Waals surface area contributed by atoms with Gasteiger partial charge < -0.3 is 4.74 Å². The predicted molar refractivity (Wildman–Crippen MR) is 80.8 cm³/mol. The Hall–Kier alpha value is -2.10. The molecule has 1 saturated carbocycles. The van der Waals surface area contributed by atoms with Gasteiger partial charge in [0.15, 0.2) is 0 Å². The number of hydrogen-bond acceptors (Lipinski definition) is 3. The van der Waals surface area contributed by atoms with Gasteiger partial charge in [-0.3, -0.25) is 9.48 Å². The Morgan fingerprint density at radius 1 is 1.29 bits per heavy atom. The number of nitrogens with zero attached hydrogens (tertiary/aromatic N) is 2. The summed E-state index contributed by atoms with van der Waals surface area (Å²) in [6, 6.07) is 9.30. The van der Waals surface area contributed by atoms with Crippen molar-refractivity contribution in [2.24, 2.45) is 0 Å². The maximum absolute atomic E-state index is 12.6. The van der Waals surface area contributed by atoms with Gasteiger partial charge in [-0.25, -0.2) is 0 Å². The lowest BCUT2D eigenvalue weighted by atomic mass is 10.1. The van der Waals surface area contributed by atoms with E-state index in [2.05, 4.69) is 5.10 Å². The van der Waals surface area contributed by atoms with E-state index < -0.39 is 0 Å². The first-order valence-corrected chi connectivity index (χ1v) is 7.59. The van der Waals surface area contributed by atoms with Gasteiger partial charge in [0.2, 0.25) is 5.78 Å². The Morgan fingerprint density at radius 3 is 2.57 bits per heavy atom. The van der Waals surface area contributed by atoms with Gasteiger partial charge >= 0.3 is 0 Å². The molecule has 0 bridgehead atoms. The molecule has 0 radical (unpaired) electrons. The molecule has 1 aliphatic carbocycles. The summed E-state index contributed by atoms with van der Waals surface area (Å²) in [6.07, 6.45) is 3.48. The van der Waals surface area contributed by atoms with Crippen LogP contribution in [-0.4, -0.2) is 21.7 Å². The molecule has 1 aromatic heterocycles. The Morgan fingerprint density at radius 2 is 2.00 bits per heavy atom. The normalized spacial score (nSPS) is 14.2. The zero-order chi connectivity index (χ0) is 14.8. The van der Waals surface area contributed by atoms with Crippen LogP contribution < -0.4 is 4.74 Å². The second-order valence-corrected chi connectivity index (χ2v) is 5.36. The minimum absolute atomic E-state index is 0.0158. The number of ether oxygens (including phenoxy) is 1. The molecule has 1 heterocycles. The molecule has 1 aromatic carbocycles. The van der Waals surface area contributed by atoms with Gasteiger partial charge in [-0.1, -0.05) is 6.92 Å². The molecule has 21 heavy (non-hydrogen) atoms. The number of aryl methyl sites for hydroxylation is 2. The van der Waals surface area contributed by atoms with Crippen molar-refractivity contribution in [2.75, 3.05) is 0 Å². The van der Waals surface area contributed by atoms with Crippen molar-refractivity contribution in [3.05, 3.63) is 47.3 Å². The van der Waals surface area contributed by atoms with Gasteiger partial charge in [-0.15, -0.1) is 0 Å². The summed E-state index contributed by atoms with van der Waals surface area (Å²) in [7, 11) is 0. The van der Waals surface area contributed by atoms with E-state index in [1.54, 1.807) is 4.68 Å². The lowest BCUT2D eigenvalue weighted by Gasteiger charge is -2.06. The summed E-state index contributed by atoms with van der Waals surface area (Å²) >= 11 is 0. The zero-order valence-corrected chi connectivity index (χ0v) is 12.5. The second-order valence-electron chi connectivity index (χ2n) is 5.36. The van der Waals surface area contributed by atoms with Gasteiger partial charge in [0.25, 0.3) is 0 Å². The number of rotatable bonds is 6. The number of carbonyl (C=O) groups excluding carboxylic acids is 1. The standard InChI is InChI=1S/C17H20N2O2/c1-3-13-11-16(19(4-2)18-13)17(20)12-5-7-14(8-6-12)21-15-9-10-15/h5-8,11,15H,3-4,9-10H2,1-2H3. The van der Waals surface area contributed by atoms with Crippen molar-refractivity contribution in [1.29, 1.82) is 0 Å². The molecule has 0 unspecified atom stereocenters. The molecule has 110 valence electrons. The molecule has 0 atom stereocenters. The average molecular weight is 284 g/mol. The number of benzene rings is 1. The largest absolute Gasteiger partial charge is 0.490 e. The third-order valence-corrected chi connectivity index (χ3v) is 3.67. The molecule has 0 N–H and O–H groups in total. The van der Waals surface area contributed by atoms with Crippen molar-refractivity contribution in [2.45, 2.75) is 45.8 Å². The SMILES string of the molecule is CCc1cc(C(=O)c2ccc(OC3CC3)cc2)n(CC)n1. The number of aromatic nitrogens is 2. The third-order valence-electron chi connectivity index (χ3n) is 3.67. The van der Waals surface area contributed by atoms with Crippen molar-refractivity contribution >= 4 is 5.78 Å². The van der Waals surface area contributed by atoms with Gasteiger partial charge in [-0.2, -0.15) is 5.10 Å². The molecular weight excluding hydrogens is 264 g/mol. The lowest BCUT2D eigenvalue weighted by molar-refractivity contribution is 0.102. The van der Waals surface area contributed by atoms with Gasteiger partial charge in [0, 0.05) is 12.1 Å². The van der Waals surface area contributed by atoms with E-state index in [0.29, 0.717) is 23.9 Å². The van der Waals surface area contributed by atoms with Crippen LogP contribution in [0.4, 0.5) is 0 Å². The Labute approximate surface area is 124 Å². The first-order valence-electron chi connectivity index (χ1n) is 7.59. The highest BCUT2D eigenvalue weighted by Gasteiger charge is 2.23. The first kappa shape index (κ1) is 13.9. The number of ketones is 1. The first-order chi connectivity index (χ1) is 10.2. The maximum atomic E-state index is 12.6. The second kappa shape index (κ2) is 5.72. The molecular formula is C17H20N2O2. The summed E-state index contributed by atoms with van der Waals surface area (Å²) in [5.74, 6) is 0.856. The van der Waals surface area contributed by atoms with Crippen LogP contribution in [0.15, 0.2) is 30.3 Å². The van der Waals surface area contributed by atoms with Crippen LogP contribution in [0.1, 0.15) is 48.4 Å². The Balaban J connectivity index is 1.81. The van der Waals surface area contributed by atoms with E-state index >= 15 is 0 Å². The molecule has 0 spiro atoms. The molecule has 3 rings (SSSR count). The molecule has 0 aliphatic heterocycles. The van der Waals surface area contributed by atoms with Crippen molar-refractivity contribution < 1.29 is 9.53 Å². The van der Waals surface area contributed by atoms with Crippen LogP contribution in [0.3, 0.4) is 0 Å². The van der Waals surface area contributed by atoms with E-state index in [1.807, 2.05) is 44.2 Å². The summed E-state index contributed by atoms with van der Waals surface area (Å²) in [5, 5.41) is 4.43. The fraction of sp³-hybridized carbons (Fsp3) is 0.412. The lowest BCUT2D eigenvalue weighted by Crippen LogP contribution is -2.10. The third kappa shape index (κ3) is 2.99. The van der Waals surface area contributed by atoms with Crippen LogP contribution >= 0.6 is 0 Å². The monoisotopic (exact) mass is 284 g/mol. The van der Waals surface area contributed by atoms with Crippen LogP contribution in [0.2, 0.25) is 0 Å². The van der Waals surface area contributed by atoms with Gasteiger partial charge in [0.05, 0.1) is 11.8 Å². The minimum Gasteiger partial charge on any atom is -0.490 e. The number of carbonyl (C=O) groups is 1. The maximum Gasteiger partial charge on any atom is 0.211 e. The van der Waals surface area contributed by atoms with Crippen LogP contribution in [0, 0.1) is 0 Å². The summed E-state index contributed by atoms with van der Waals surface area (Å²) < 4.78 is 7.48. The van der Waals surface area contributed by atoms with E-state index in [9.17, 15) is 4.79 Å². The predicted octanol–water partition coefficient (Wildman–Crippen LogP) is 3.24. The molecule has 1 aliphatic rings. The molecule has 0 amide bonds. The fourth-order valence-electron chi connectivity index (χ4n) is 2.28.